The van der Waals surface area contributed by atoms with E-state index >= 15 is 0 Å². The van der Waals surface area contributed by atoms with Gasteiger partial charge in [0.25, 0.3) is 0 Å². The van der Waals surface area contributed by atoms with E-state index in [9.17, 15) is 5.11 Å². The van der Waals surface area contributed by atoms with Crippen LogP contribution in [0.1, 0.15) is 36.1 Å². The second kappa shape index (κ2) is 6.76. The first-order valence-corrected chi connectivity index (χ1v) is 6.52. The minimum absolute atomic E-state index is 0.182. The summed E-state index contributed by atoms with van der Waals surface area (Å²) in [6, 6.07) is 4.49. The van der Waals surface area contributed by atoms with Crippen molar-refractivity contribution in [3.8, 4) is 5.75 Å². The highest BCUT2D eigenvalue weighted by atomic mass is 16.5. The summed E-state index contributed by atoms with van der Waals surface area (Å²) in [4.78, 5) is 2.13. The Hall–Kier alpha value is -1.06. The van der Waals surface area contributed by atoms with Gasteiger partial charge in [-0.3, -0.25) is 0 Å². The van der Waals surface area contributed by atoms with Gasteiger partial charge in [-0.05, 0) is 46.9 Å². The lowest BCUT2D eigenvalue weighted by atomic mass is 9.97. The Kier molecular flexibility index (Phi) is 5.63. The number of aliphatic hydroxyl groups excluding tert-OH is 1. The lowest BCUT2D eigenvalue weighted by molar-refractivity contribution is 0.205. The van der Waals surface area contributed by atoms with Gasteiger partial charge in [-0.2, -0.15) is 0 Å². The fourth-order valence-corrected chi connectivity index (χ4v) is 2.39. The molecule has 1 aromatic carbocycles. The first-order valence-electron chi connectivity index (χ1n) is 6.52. The summed E-state index contributed by atoms with van der Waals surface area (Å²) in [6.45, 7) is 7.02. The van der Waals surface area contributed by atoms with Crippen LogP contribution in [0.3, 0.4) is 0 Å². The summed E-state index contributed by atoms with van der Waals surface area (Å²) in [7, 11) is 4.07. The molecule has 0 fully saturated rings. The van der Waals surface area contributed by atoms with Crippen LogP contribution in [0.4, 0.5) is 0 Å². The SMILES string of the molecule is CCOc1c(C)cc(C)cc1C(CCO)N(C)C. The Morgan fingerprint density at radius 2 is 1.94 bits per heavy atom. The van der Waals surface area contributed by atoms with E-state index in [2.05, 4.69) is 30.9 Å². The Bertz CT molecular complexity index is 388. The maximum Gasteiger partial charge on any atom is 0.126 e. The monoisotopic (exact) mass is 251 g/mol. The number of rotatable bonds is 6. The van der Waals surface area contributed by atoms with Gasteiger partial charge >= 0.3 is 0 Å². The maximum atomic E-state index is 9.24. The molecule has 0 heterocycles. The molecule has 1 unspecified atom stereocenters. The van der Waals surface area contributed by atoms with Crippen molar-refractivity contribution in [3.63, 3.8) is 0 Å². The molecule has 18 heavy (non-hydrogen) atoms. The van der Waals surface area contributed by atoms with Crippen LogP contribution >= 0.6 is 0 Å². The molecular weight excluding hydrogens is 226 g/mol. The molecule has 1 aromatic rings. The molecule has 0 radical (unpaired) electrons. The van der Waals surface area contributed by atoms with Crippen molar-refractivity contribution < 1.29 is 9.84 Å². The van der Waals surface area contributed by atoms with Crippen LogP contribution in [-0.2, 0) is 0 Å². The molecule has 0 aliphatic heterocycles. The van der Waals surface area contributed by atoms with Crippen molar-refractivity contribution in [2.24, 2.45) is 0 Å². The normalized spacial score (nSPS) is 12.8. The molecule has 102 valence electrons. The molecule has 1 N–H and O–H groups in total. The summed E-state index contributed by atoms with van der Waals surface area (Å²) in [5.74, 6) is 0.968. The molecular formula is C15H25NO2. The van der Waals surface area contributed by atoms with E-state index in [-0.39, 0.29) is 12.6 Å². The molecule has 3 heteroatoms. The Balaban J connectivity index is 3.25. The van der Waals surface area contributed by atoms with Crippen molar-refractivity contribution in [1.29, 1.82) is 0 Å². The zero-order valence-electron chi connectivity index (χ0n) is 12.2. The number of aliphatic hydroxyl groups is 1. The van der Waals surface area contributed by atoms with Crippen molar-refractivity contribution in [1.82, 2.24) is 4.90 Å². The summed E-state index contributed by atoms with van der Waals surface area (Å²) >= 11 is 0. The average molecular weight is 251 g/mol. The molecule has 0 aliphatic carbocycles. The second-order valence-electron chi connectivity index (χ2n) is 4.92. The molecule has 0 amide bonds. The molecule has 0 spiro atoms. The summed E-state index contributed by atoms with van der Waals surface area (Å²) in [6.07, 6.45) is 0.718. The second-order valence-corrected chi connectivity index (χ2v) is 4.92. The van der Waals surface area contributed by atoms with Crippen molar-refractivity contribution in [3.05, 3.63) is 28.8 Å². The molecule has 3 nitrogen and oxygen atoms in total. The summed E-state index contributed by atoms with van der Waals surface area (Å²) in [5.41, 5.74) is 3.57. The topological polar surface area (TPSA) is 32.7 Å². The van der Waals surface area contributed by atoms with Gasteiger partial charge in [-0.15, -0.1) is 0 Å². The van der Waals surface area contributed by atoms with E-state index in [1.807, 2.05) is 21.0 Å². The maximum absolute atomic E-state index is 9.24. The molecule has 1 atom stereocenters. The van der Waals surface area contributed by atoms with E-state index in [0.29, 0.717) is 6.61 Å². The fourth-order valence-electron chi connectivity index (χ4n) is 2.39. The quantitative estimate of drug-likeness (QED) is 0.843. The highest BCUT2D eigenvalue weighted by Crippen LogP contribution is 2.34. The number of hydrogen-bond acceptors (Lipinski definition) is 3. The number of benzene rings is 1. The predicted octanol–water partition coefficient (Wildman–Crippen LogP) is 2.69. The third kappa shape index (κ3) is 3.47. The zero-order valence-corrected chi connectivity index (χ0v) is 12.2. The van der Waals surface area contributed by atoms with Crippen molar-refractivity contribution >= 4 is 0 Å². The number of hydrogen-bond donors (Lipinski definition) is 1. The van der Waals surface area contributed by atoms with Gasteiger partial charge in [-0.25, -0.2) is 0 Å². The molecule has 1 rings (SSSR count). The number of aryl methyl sites for hydroxylation is 2. The predicted molar refractivity (Wildman–Crippen MR) is 75.2 cm³/mol. The standard InChI is InChI=1S/C15H25NO2/c1-6-18-15-12(3)9-11(2)10-13(15)14(7-8-17)16(4)5/h9-10,14,17H,6-8H2,1-5H3. The van der Waals surface area contributed by atoms with Gasteiger partial charge in [0.05, 0.1) is 6.61 Å². The largest absolute Gasteiger partial charge is 0.493 e. The van der Waals surface area contributed by atoms with Crippen molar-refractivity contribution in [2.75, 3.05) is 27.3 Å². The van der Waals surface area contributed by atoms with Gasteiger partial charge in [0.15, 0.2) is 0 Å². The van der Waals surface area contributed by atoms with Gasteiger partial charge in [0.2, 0.25) is 0 Å². The van der Waals surface area contributed by atoms with Gasteiger partial charge in [0, 0.05) is 18.2 Å². The molecule has 0 saturated heterocycles. The smallest absolute Gasteiger partial charge is 0.126 e. The van der Waals surface area contributed by atoms with Gasteiger partial charge in [0.1, 0.15) is 5.75 Å². The number of ether oxygens (including phenoxy) is 1. The Morgan fingerprint density at radius 3 is 2.44 bits per heavy atom. The molecule has 0 saturated carbocycles. The Labute approximate surface area is 110 Å². The Morgan fingerprint density at radius 1 is 1.28 bits per heavy atom. The van der Waals surface area contributed by atoms with Crippen LogP contribution in [0.25, 0.3) is 0 Å². The lowest BCUT2D eigenvalue weighted by Gasteiger charge is -2.27. The number of nitrogens with zero attached hydrogens (tertiary/aromatic N) is 1. The van der Waals surface area contributed by atoms with E-state index in [1.54, 1.807) is 0 Å². The van der Waals surface area contributed by atoms with Crippen LogP contribution in [0.2, 0.25) is 0 Å². The highest BCUT2D eigenvalue weighted by molar-refractivity contribution is 5.45. The third-order valence-corrected chi connectivity index (χ3v) is 3.12. The minimum Gasteiger partial charge on any atom is -0.493 e. The van der Waals surface area contributed by atoms with Crippen LogP contribution in [0.15, 0.2) is 12.1 Å². The van der Waals surface area contributed by atoms with Crippen LogP contribution in [-0.4, -0.2) is 37.3 Å². The van der Waals surface area contributed by atoms with Crippen LogP contribution < -0.4 is 4.74 Å². The zero-order chi connectivity index (χ0) is 13.7. The van der Waals surface area contributed by atoms with E-state index in [1.165, 1.54) is 11.1 Å². The van der Waals surface area contributed by atoms with E-state index in [0.717, 1.165) is 17.7 Å². The third-order valence-electron chi connectivity index (χ3n) is 3.12. The van der Waals surface area contributed by atoms with Gasteiger partial charge in [-0.1, -0.05) is 17.7 Å². The van der Waals surface area contributed by atoms with Gasteiger partial charge < -0.3 is 14.7 Å². The minimum atomic E-state index is 0.182. The average Bonchev–Trinajstić information content (AvgIpc) is 2.29. The summed E-state index contributed by atoms with van der Waals surface area (Å²) in [5, 5.41) is 9.24. The first kappa shape index (κ1) is 15.0. The molecule has 0 aromatic heterocycles. The highest BCUT2D eigenvalue weighted by Gasteiger charge is 2.20. The van der Waals surface area contributed by atoms with E-state index in [4.69, 9.17) is 4.74 Å². The van der Waals surface area contributed by atoms with Crippen LogP contribution in [0, 0.1) is 13.8 Å². The fraction of sp³-hybridized carbons (Fsp3) is 0.600. The first-order chi connectivity index (χ1) is 8.51. The van der Waals surface area contributed by atoms with E-state index < -0.39 is 0 Å². The lowest BCUT2D eigenvalue weighted by Crippen LogP contribution is -2.22. The molecule has 0 aliphatic rings. The summed E-state index contributed by atoms with van der Waals surface area (Å²) < 4.78 is 5.79. The molecule has 0 bridgehead atoms. The van der Waals surface area contributed by atoms with Crippen LogP contribution in [0.5, 0.6) is 5.75 Å². The van der Waals surface area contributed by atoms with Crippen molar-refractivity contribution in [2.45, 2.75) is 33.2 Å².